The van der Waals surface area contributed by atoms with Crippen LogP contribution in [0.4, 0.5) is 0 Å². The number of carbonyl (C=O) groups excluding carboxylic acids is 3. The van der Waals surface area contributed by atoms with Gasteiger partial charge in [-0.1, -0.05) is 42.6 Å². The van der Waals surface area contributed by atoms with Crippen LogP contribution in [0.1, 0.15) is 56.8 Å². The first-order valence-electron chi connectivity index (χ1n) is 7.12. The molecule has 0 atom stereocenters. The van der Waals surface area contributed by atoms with Crippen LogP contribution >= 0.6 is 11.6 Å². The summed E-state index contributed by atoms with van der Waals surface area (Å²) in [6.45, 7) is 3.70. The molecule has 2 amide bonds. The molecular formula is C16H12ClN3O4. The maximum atomic E-state index is 12.3. The van der Waals surface area contributed by atoms with E-state index in [0.717, 1.165) is 0 Å². The monoisotopic (exact) mass is 345 g/mol. The van der Waals surface area contributed by atoms with E-state index >= 15 is 0 Å². The Morgan fingerprint density at radius 2 is 1.75 bits per heavy atom. The maximum Gasteiger partial charge on any atom is 0.383 e. The first-order chi connectivity index (χ1) is 11.4. The average Bonchev–Trinajstić information content (AvgIpc) is 2.80. The summed E-state index contributed by atoms with van der Waals surface area (Å²) >= 11 is 5.93. The molecule has 24 heavy (non-hydrogen) atoms. The third kappa shape index (κ3) is 2.63. The molecule has 0 radical (unpaired) electrons. The highest BCUT2D eigenvalue weighted by Gasteiger charge is 2.39. The first kappa shape index (κ1) is 16.1. The minimum Gasteiger partial charge on any atom is -0.322 e. The zero-order valence-electron chi connectivity index (χ0n) is 12.8. The van der Waals surface area contributed by atoms with Gasteiger partial charge >= 0.3 is 5.97 Å². The Morgan fingerprint density at radius 1 is 1.17 bits per heavy atom. The molecular weight excluding hydrogens is 334 g/mol. The van der Waals surface area contributed by atoms with Crippen molar-refractivity contribution in [3.05, 3.63) is 58.1 Å². The number of imide groups is 1. The number of amides is 2. The first-order valence-corrected chi connectivity index (χ1v) is 7.50. The van der Waals surface area contributed by atoms with E-state index in [9.17, 15) is 14.4 Å². The van der Waals surface area contributed by atoms with Gasteiger partial charge in [0.15, 0.2) is 5.69 Å². The second-order valence-electron chi connectivity index (χ2n) is 5.41. The minimum atomic E-state index is -1.00. The van der Waals surface area contributed by atoms with Crippen molar-refractivity contribution in [2.75, 3.05) is 0 Å². The number of rotatable bonds is 3. The molecule has 0 N–H and O–H groups in total. The lowest BCUT2D eigenvalue weighted by molar-refractivity contribution is -0.0588. The molecule has 0 bridgehead atoms. The fourth-order valence-electron chi connectivity index (χ4n) is 2.18. The molecule has 0 spiro atoms. The van der Waals surface area contributed by atoms with Crippen molar-refractivity contribution in [1.82, 2.24) is 15.0 Å². The Kier molecular flexibility index (Phi) is 4.02. The summed E-state index contributed by atoms with van der Waals surface area (Å²) in [5, 5.41) is 0.390. The van der Waals surface area contributed by atoms with Gasteiger partial charge in [0, 0.05) is 5.92 Å². The van der Waals surface area contributed by atoms with Crippen molar-refractivity contribution in [2.24, 2.45) is 0 Å². The molecule has 1 aromatic heterocycles. The normalized spacial score (nSPS) is 13.4. The molecule has 2 heterocycles. The summed E-state index contributed by atoms with van der Waals surface area (Å²) < 4.78 is 0. The molecule has 0 aliphatic carbocycles. The molecule has 0 saturated heterocycles. The van der Waals surface area contributed by atoms with Gasteiger partial charge in [-0.25, -0.2) is 14.8 Å². The topological polar surface area (TPSA) is 89.5 Å². The number of fused-ring (bicyclic) bond motifs is 1. The van der Waals surface area contributed by atoms with Gasteiger partial charge < -0.3 is 4.84 Å². The van der Waals surface area contributed by atoms with Crippen molar-refractivity contribution < 1.29 is 19.2 Å². The van der Waals surface area contributed by atoms with E-state index in [1.165, 1.54) is 18.3 Å². The van der Waals surface area contributed by atoms with Crippen LogP contribution in [0.2, 0.25) is 5.02 Å². The van der Waals surface area contributed by atoms with Crippen LogP contribution in [0, 0.1) is 0 Å². The quantitative estimate of drug-likeness (QED) is 0.794. The van der Waals surface area contributed by atoms with Gasteiger partial charge in [-0.15, -0.1) is 0 Å². The minimum absolute atomic E-state index is 0.0268. The number of hydroxylamine groups is 2. The summed E-state index contributed by atoms with van der Waals surface area (Å²) in [5.41, 5.74) is 0.144. The van der Waals surface area contributed by atoms with Crippen LogP contribution in [0.5, 0.6) is 0 Å². The summed E-state index contributed by atoms with van der Waals surface area (Å²) in [5.74, 6) is -2.06. The molecule has 1 aromatic carbocycles. The van der Waals surface area contributed by atoms with E-state index in [0.29, 0.717) is 10.9 Å². The van der Waals surface area contributed by atoms with Crippen LogP contribution in [0.15, 0.2) is 30.5 Å². The number of carbonyl (C=O) groups is 3. The van der Waals surface area contributed by atoms with Crippen molar-refractivity contribution in [1.29, 1.82) is 0 Å². The largest absolute Gasteiger partial charge is 0.383 e. The van der Waals surface area contributed by atoms with Crippen LogP contribution < -0.4 is 0 Å². The molecule has 8 heteroatoms. The predicted molar refractivity (Wildman–Crippen MR) is 83.5 cm³/mol. The van der Waals surface area contributed by atoms with Gasteiger partial charge in [0.1, 0.15) is 5.82 Å². The molecule has 3 rings (SSSR count). The number of hydrogen-bond acceptors (Lipinski definition) is 6. The third-order valence-electron chi connectivity index (χ3n) is 3.40. The van der Waals surface area contributed by atoms with Gasteiger partial charge in [0.05, 0.1) is 22.3 Å². The standard InChI is InChI=1S/C16H12ClN3O4/c1-8(2)13-18-7-11(17)12(19-13)16(23)24-20-14(21)9-5-3-4-6-10(9)15(20)22/h3-8H,1-2H3. The number of nitrogens with zero attached hydrogens (tertiary/aromatic N) is 3. The molecule has 0 saturated carbocycles. The Bertz CT molecular complexity index is 831. The SMILES string of the molecule is CC(C)c1ncc(Cl)c(C(=O)ON2C(=O)c3ccccc3C2=O)n1. The van der Waals surface area contributed by atoms with Crippen LogP contribution in [-0.2, 0) is 4.84 Å². The fraction of sp³-hybridized carbons (Fsp3) is 0.188. The highest BCUT2D eigenvalue weighted by Crippen LogP contribution is 2.24. The number of hydrogen-bond donors (Lipinski definition) is 0. The van der Waals surface area contributed by atoms with Gasteiger partial charge in [0.2, 0.25) is 0 Å². The van der Waals surface area contributed by atoms with E-state index < -0.39 is 17.8 Å². The van der Waals surface area contributed by atoms with E-state index in [1.807, 2.05) is 13.8 Å². The summed E-state index contributed by atoms with van der Waals surface area (Å²) in [7, 11) is 0. The van der Waals surface area contributed by atoms with Gasteiger partial charge in [-0.05, 0) is 12.1 Å². The molecule has 122 valence electrons. The highest BCUT2D eigenvalue weighted by atomic mass is 35.5. The predicted octanol–water partition coefficient (Wildman–Crippen LogP) is 2.62. The van der Waals surface area contributed by atoms with Crippen LogP contribution in [-0.4, -0.2) is 32.8 Å². The number of aromatic nitrogens is 2. The lowest BCUT2D eigenvalue weighted by atomic mass is 10.1. The fourth-order valence-corrected chi connectivity index (χ4v) is 2.35. The van der Waals surface area contributed by atoms with Crippen molar-refractivity contribution in [2.45, 2.75) is 19.8 Å². The number of benzene rings is 1. The van der Waals surface area contributed by atoms with Gasteiger partial charge in [-0.3, -0.25) is 9.59 Å². The Morgan fingerprint density at radius 3 is 2.29 bits per heavy atom. The molecule has 1 aliphatic heterocycles. The molecule has 2 aromatic rings. The Labute approximate surface area is 142 Å². The second-order valence-corrected chi connectivity index (χ2v) is 5.82. The molecule has 7 nitrogen and oxygen atoms in total. The van der Waals surface area contributed by atoms with Crippen molar-refractivity contribution in [3.63, 3.8) is 0 Å². The lowest BCUT2D eigenvalue weighted by Crippen LogP contribution is -2.33. The molecule has 0 fully saturated rings. The average molecular weight is 346 g/mol. The molecule has 0 unspecified atom stereocenters. The Hall–Kier alpha value is -2.80. The Balaban J connectivity index is 1.88. The second kappa shape index (κ2) is 6.01. The maximum absolute atomic E-state index is 12.3. The summed E-state index contributed by atoms with van der Waals surface area (Å²) in [6.07, 6.45) is 1.28. The number of halogens is 1. The zero-order valence-corrected chi connectivity index (χ0v) is 13.6. The lowest BCUT2D eigenvalue weighted by Gasteiger charge is -2.13. The zero-order chi connectivity index (χ0) is 17.4. The highest BCUT2D eigenvalue weighted by molar-refractivity contribution is 6.33. The summed E-state index contributed by atoms with van der Waals surface area (Å²) in [4.78, 5) is 49.7. The van der Waals surface area contributed by atoms with Crippen molar-refractivity contribution >= 4 is 29.4 Å². The third-order valence-corrected chi connectivity index (χ3v) is 3.68. The van der Waals surface area contributed by atoms with Gasteiger partial charge in [0.25, 0.3) is 11.8 Å². The van der Waals surface area contributed by atoms with Crippen LogP contribution in [0.3, 0.4) is 0 Å². The van der Waals surface area contributed by atoms with Crippen molar-refractivity contribution in [3.8, 4) is 0 Å². The van der Waals surface area contributed by atoms with E-state index in [-0.39, 0.29) is 27.8 Å². The summed E-state index contributed by atoms with van der Waals surface area (Å²) in [6, 6.07) is 6.20. The van der Waals surface area contributed by atoms with Gasteiger partial charge in [-0.2, -0.15) is 0 Å². The van der Waals surface area contributed by atoms with E-state index in [1.54, 1.807) is 12.1 Å². The molecule has 1 aliphatic rings. The van der Waals surface area contributed by atoms with E-state index in [4.69, 9.17) is 16.4 Å². The van der Waals surface area contributed by atoms with Crippen LogP contribution in [0.25, 0.3) is 0 Å². The smallest absolute Gasteiger partial charge is 0.322 e. The van der Waals surface area contributed by atoms with E-state index in [2.05, 4.69) is 9.97 Å².